The first-order valence-corrected chi connectivity index (χ1v) is 10.6. The van der Waals surface area contributed by atoms with Gasteiger partial charge in [-0.25, -0.2) is 23.2 Å². The molecule has 0 unspecified atom stereocenters. The highest BCUT2D eigenvalue weighted by molar-refractivity contribution is 7.89. The van der Waals surface area contributed by atoms with Crippen LogP contribution in [0.5, 0.6) is 0 Å². The van der Waals surface area contributed by atoms with Crippen LogP contribution >= 0.6 is 0 Å². The van der Waals surface area contributed by atoms with Gasteiger partial charge in [0.25, 0.3) is 0 Å². The summed E-state index contributed by atoms with van der Waals surface area (Å²) in [6.07, 6.45) is 1.13. The van der Waals surface area contributed by atoms with Gasteiger partial charge >= 0.3 is 6.03 Å². The van der Waals surface area contributed by atoms with Crippen molar-refractivity contribution in [2.75, 3.05) is 17.3 Å². The van der Waals surface area contributed by atoms with Crippen LogP contribution in [0, 0.1) is 6.92 Å². The van der Waals surface area contributed by atoms with Crippen molar-refractivity contribution >= 4 is 27.4 Å². The number of nitrogens with one attached hydrogen (secondary N) is 2. The standard InChI is InChI=1S/C18H20N6O4S/c1-11-7-14(24-28-11)9-20-18(25)22-13-5-3-12(4-6-13)17-21-15(8-16(19)23-17)10-29(2,26)27/h3-8H,9-10H2,1-2H3,(H2,19,21,23)(H2,20,22,25). The van der Waals surface area contributed by atoms with E-state index in [9.17, 15) is 13.2 Å². The van der Waals surface area contributed by atoms with E-state index in [4.69, 9.17) is 10.3 Å². The predicted octanol–water partition coefficient (Wildman–Crippen LogP) is 1.89. The first kappa shape index (κ1) is 20.3. The number of aromatic nitrogens is 3. The highest BCUT2D eigenvalue weighted by Gasteiger charge is 2.11. The maximum atomic E-state index is 12.0. The van der Waals surface area contributed by atoms with Crippen molar-refractivity contribution in [3.8, 4) is 11.4 Å². The third-order valence-corrected chi connectivity index (χ3v) is 4.54. The molecular formula is C18H20N6O4S. The Labute approximate surface area is 167 Å². The number of hydrogen-bond acceptors (Lipinski definition) is 8. The minimum absolute atomic E-state index is 0.179. The smallest absolute Gasteiger partial charge is 0.319 e. The fourth-order valence-electron chi connectivity index (χ4n) is 2.54. The molecule has 2 heterocycles. The summed E-state index contributed by atoms with van der Waals surface area (Å²) >= 11 is 0. The average Bonchev–Trinajstić information content (AvgIpc) is 3.04. The van der Waals surface area contributed by atoms with Gasteiger partial charge in [0, 0.05) is 29.6 Å². The number of carbonyl (C=O) groups is 1. The molecule has 0 aliphatic rings. The molecule has 10 nitrogen and oxygen atoms in total. The largest absolute Gasteiger partial charge is 0.384 e. The molecule has 0 saturated carbocycles. The summed E-state index contributed by atoms with van der Waals surface area (Å²) in [6.45, 7) is 2.01. The monoisotopic (exact) mass is 416 g/mol. The Morgan fingerprint density at radius 3 is 2.48 bits per heavy atom. The molecule has 29 heavy (non-hydrogen) atoms. The van der Waals surface area contributed by atoms with Crippen molar-refractivity contribution in [2.45, 2.75) is 19.2 Å². The van der Waals surface area contributed by atoms with Crippen molar-refractivity contribution in [3.63, 3.8) is 0 Å². The minimum Gasteiger partial charge on any atom is -0.384 e. The Morgan fingerprint density at radius 1 is 1.14 bits per heavy atom. The average molecular weight is 416 g/mol. The quantitative estimate of drug-likeness (QED) is 0.550. The summed E-state index contributed by atoms with van der Waals surface area (Å²) in [4.78, 5) is 20.4. The number of amides is 2. The lowest BCUT2D eigenvalue weighted by Crippen LogP contribution is -2.28. The number of sulfone groups is 1. The van der Waals surface area contributed by atoms with E-state index in [1.807, 2.05) is 0 Å². The van der Waals surface area contributed by atoms with Crippen LogP contribution in [0.4, 0.5) is 16.3 Å². The summed E-state index contributed by atoms with van der Waals surface area (Å²) in [5.41, 5.74) is 7.91. The Balaban J connectivity index is 1.66. The lowest BCUT2D eigenvalue weighted by Gasteiger charge is -2.08. The first-order valence-electron chi connectivity index (χ1n) is 8.56. The molecule has 0 saturated heterocycles. The van der Waals surface area contributed by atoms with Gasteiger partial charge in [0.05, 0.1) is 18.0 Å². The van der Waals surface area contributed by atoms with Crippen LogP contribution in [-0.2, 0) is 22.1 Å². The zero-order valence-electron chi connectivity index (χ0n) is 15.8. The number of hydrogen-bond donors (Lipinski definition) is 3. The Kier molecular flexibility index (Phi) is 5.78. The number of carbonyl (C=O) groups excluding carboxylic acids is 1. The molecule has 0 fully saturated rings. The van der Waals surface area contributed by atoms with Crippen LogP contribution in [0.15, 0.2) is 40.9 Å². The van der Waals surface area contributed by atoms with Gasteiger partial charge in [-0.3, -0.25) is 0 Å². The number of rotatable bonds is 6. The van der Waals surface area contributed by atoms with Crippen LogP contribution in [0.25, 0.3) is 11.4 Å². The number of nitrogen functional groups attached to an aromatic ring is 1. The molecule has 0 spiro atoms. The Bertz CT molecular complexity index is 1130. The lowest BCUT2D eigenvalue weighted by molar-refractivity contribution is 0.251. The predicted molar refractivity (Wildman–Crippen MR) is 108 cm³/mol. The Hall–Kier alpha value is -3.47. The third kappa shape index (κ3) is 6.01. The van der Waals surface area contributed by atoms with E-state index in [1.54, 1.807) is 37.3 Å². The fraction of sp³-hybridized carbons (Fsp3) is 0.222. The SMILES string of the molecule is Cc1cc(CNC(=O)Nc2ccc(-c3nc(N)cc(CS(C)(=O)=O)n3)cc2)no1. The van der Waals surface area contributed by atoms with Gasteiger partial charge in [0.1, 0.15) is 17.3 Å². The number of nitrogens with two attached hydrogens (primary N) is 1. The molecule has 3 aromatic rings. The second-order valence-electron chi connectivity index (χ2n) is 6.49. The number of urea groups is 1. The molecule has 11 heteroatoms. The normalized spacial score (nSPS) is 11.2. The number of anilines is 2. The van der Waals surface area contributed by atoms with Crippen molar-refractivity contribution in [3.05, 3.63) is 53.5 Å². The van der Waals surface area contributed by atoms with E-state index in [2.05, 4.69) is 25.8 Å². The van der Waals surface area contributed by atoms with Gasteiger partial charge < -0.3 is 20.9 Å². The molecule has 1 aromatic carbocycles. The summed E-state index contributed by atoms with van der Waals surface area (Å²) in [5.74, 6) is 0.929. The minimum atomic E-state index is -3.25. The zero-order chi connectivity index (χ0) is 21.0. The maximum absolute atomic E-state index is 12.0. The van der Waals surface area contributed by atoms with Crippen LogP contribution < -0.4 is 16.4 Å². The second-order valence-corrected chi connectivity index (χ2v) is 8.63. The molecule has 3 rings (SSSR count). The molecule has 0 radical (unpaired) electrons. The molecule has 0 atom stereocenters. The third-order valence-electron chi connectivity index (χ3n) is 3.72. The molecule has 2 aromatic heterocycles. The fourth-order valence-corrected chi connectivity index (χ4v) is 3.23. The van der Waals surface area contributed by atoms with E-state index >= 15 is 0 Å². The van der Waals surface area contributed by atoms with Gasteiger partial charge in [-0.2, -0.15) is 0 Å². The van der Waals surface area contributed by atoms with Gasteiger partial charge in [-0.1, -0.05) is 5.16 Å². The molecular weight excluding hydrogens is 396 g/mol. The Morgan fingerprint density at radius 2 is 1.86 bits per heavy atom. The van der Waals surface area contributed by atoms with Crippen LogP contribution in [0.2, 0.25) is 0 Å². The molecule has 0 bridgehead atoms. The van der Waals surface area contributed by atoms with E-state index in [-0.39, 0.29) is 18.1 Å². The van der Waals surface area contributed by atoms with Gasteiger partial charge in [0.15, 0.2) is 15.7 Å². The summed E-state index contributed by atoms with van der Waals surface area (Å²) in [7, 11) is -3.25. The van der Waals surface area contributed by atoms with Crippen molar-refractivity contribution in [1.29, 1.82) is 0 Å². The van der Waals surface area contributed by atoms with Crippen molar-refractivity contribution in [1.82, 2.24) is 20.4 Å². The van der Waals surface area contributed by atoms with E-state index in [0.29, 0.717) is 34.2 Å². The second kappa shape index (κ2) is 8.27. The first-order chi connectivity index (χ1) is 13.7. The molecule has 0 aliphatic heterocycles. The summed E-state index contributed by atoms with van der Waals surface area (Å²) in [5, 5.41) is 9.17. The van der Waals surface area contributed by atoms with E-state index in [1.165, 1.54) is 6.07 Å². The van der Waals surface area contributed by atoms with Gasteiger partial charge in [0.2, 0.25) is 0 Å². The number of aryl methyl sites for hydroxylation is 1. The summed E-state index contributed by atoms with van der Waals surface area (Å²) in [6, 6.07) is 9.54. The van der Waals surface area contributed by atoms with E-state index < -0.39 is 15.9 Å². The highest BCUT2D eigenvalue weighted by atomic mass is 32.2. The van der Waals surface area contributed by atoms with Crippen molar-refractivity contribution in [2.24, 2.45) is 0 Å². The molecule has 152 valence electrons. The van der Waals surface area contributed by atoms with Crippen molar-refractivity contribution < 1.29 is 17.7 Å². The van der Waals surface area contributed by atoms with E-state index in [0.717, 1.165) is 6.26 Å². The summed E-state index contributed by atoms with van der Waals surface area (Å²) < 4.78 is 27.9. The topological polar surface area (TPSA) is 153 Å². The molecule has 2 amide bonds. The molecule has 4 N–H and O–H groups in total. The van der Waals surface area contributed by atoms with Crippen LogP contribution in [0.1, 0.15) is 17.1 Å². The molecule has 0 aliphatic carbocycles. The zero-order valence-corrected chi connectivity index (χ0v) is 16.7. The maximum Gasteiger partial charge on any atom is 0.319 e. The van der Waals surface area contributed by atoms with Crippen LogP contribution in [-0.4, -0.2) is 35.8 Å². The lowest BCUT2D eigenvalue weighted by atomic mass is 10.2. The van der Waals surface area contributed by atoms with Crippen LogP contribution in [0.3, 0.4) is 0 Å². The highest BCUT2D eigenvalue weighted by Crippen LogP contribution is 2.20. The van der Waals surface area contributed by atoms with Gasteiger partial charge in [-0.15, -0.1) is 0 Å². The number of benzene rings is 1. The van der Waals surface area contributed by atoms with Gasteiger partial charge in [-0.05, 0) is 31.2 Å². The number of nitrogens with zero attached hydrogens (tertiary/aromatic N) is 3.